The third kappa shape index (κ3) is 5.58. The highest BCUT2D eigenvalue weighted by atomic mass is 19.4. The zero-order chi connectivity index (χ0) is 14.7. The Morgan fingerprint density at radius 3 is 2.26 bits per heavy atom. The average Bonchev–Trinajstić information content (AvgIpc) is 2.25. The first-order chi connectivity index (χ1) is 8.58. The minimum Gasteiger partial charge on any atom is -0.471 e. The van der Waals surface area contributed by atoms with Crippen molar-refractivity contribution in [2.75, 3.05) is 6.61 Å². The molecule has 0 aliphatic carbocycles. The van der Waals surface area contributed by atoms with E-state index in [0.717, 1.165) is 19.2 Å². The summed E-state index contributed by atoms with van der Waals surface area (Å²) in [5.41, 5.74) is -1.15. The molecule has 9 heteroatoms. The summed E-state index contributed by atoms with van der Waals surface area (Å²) in [5, 5.41) is 0. The van der Waals surface area contributed by atoms with Gasteiger partial charge in [0.15, 0.2) is 12.5 Å². The first-order valence-corrected chi connectivity index (χ1v) is 4.86. The highest BCUT2D eigenvalue weighted by Crippen LogP contribution is 2.28. The zero-order valence-electron chi connectivity index (χ0n) is 9.51. The van der Waals surface area contributed by atoms with Crippen molar-refractivity contribution in [3.8, 4) is 0 Å². The van der Waals surface area contributed by atoms with E-state index in [2.05, 4.69) is 14.7 Å². The molecule has 0 amide bonds. The van der Waals surface area contributed by atoms with Crippen LogP contribution >= 0.6 is 0 Å². The van der Waals surface area contributed by atoms with Crippen molar-refractivity contribution in [1.82, 2.24) is 4.98 Å². The maximum atomic E-state index is 12.2. The summed E-state index contributed by atoms with van der Waals surface area (Å²) in [4.78, 5) is 6.65. The molecule has 0 fully saturated rings. The number of halogens is 6. The van der Waals surface area contributed by atoms with Gasteiger partial charge in [0.25, 0.3) is 0 Å². The molecule has 0 bridgehead atoms. The quantitative estimate of drug-likeness (QED) is 0.471. The molecule has 0 spiro atoms. The number of hydrogen-bond donors (Lipinski definition) is 0. The minimum absolute atomic E-state index is 0.0346. The molecule has 1 aromatic rings. The van der Waals surface area contributed by atoms with Crippen LogP contribution in [0, 0.1) is 0 Å². The molecule has 0 saturated carbocycles. The van der Waals surface area contributed by atoms with Crippen molar-refractivity contribution in [2.24, 2.45) is 4.99 Å². The van der Waals surface area contributed by atoms with Gasteiger partial charge in [0.1, 0.15) is 5.69 Å². The first-order valence-electron chi connectivity index (χ1n) is 4.86. The zero-order valence-corrected chi connectivity index (χ0v) is 9.51. The van der Waals surface area contributed by atoms with Crippen LogP contribution in [0.2, 0.25) is 0 Å². The third-order valence-electron chi connectivity index (χ3n) is 1.77. The Balaban J connectivity index is 2.71. The van der Waals surface area contributed by atoms with E-state index >= 15 is 0 Å². The van der Waals surface area contributed by atoms with Crippen molar-refractivity contribution in [3.05, 3.63) is 24.0 Å². The summed E-state index contributed by atoms with van der Waals surface area (Å²) >= 11 is 0. The summed E-state index contributed by atoms with van der Waals surface area (Å²) in [5.74, 6) is -0.320. The van der Waals surface area contributed by atoms with Gasteiger partial charge in [-0.05, 0) is 12.1 Å². The van der Waals surface area contributed by atoms with E-state index in [0.29, 0.717) is 6.07 Å². The summed E-state index contributed by atoms with van der Waals surface area (Å²) < 4.78 is 76.3. The summed E-state index contributed by atoms with van der Waals surface area (Å²) in [6.45, 7) is -0.361. The van der Waals surface area contributed by atoms with E-state index in [1.807, 2.05) is 0 Å². The van der Waals surface area contributed by atoms with Crippen molar-refractivity contribution in [1.29, 1.82) is 0 Å². The van der Waals surface area contributed by atoms with Crippen molar-refractivity contribution < 1.29 is 31.1 Å². The van der Waals surface area contributed by atoms with Crippen molar-refractivity contribution in [2.45, 2.75) is 19.3 Å². The molecule has 0 N–H and O–H groups in total. The lowest BCUT2D eigenvalue weighted by Crippen LogP contribution is -2.18. The Bertz CT molecular complexity index is 449. The molecule has 1 heterocycles. The molecule has 0 atom stereocenters. The largest absolute Gasteiger partial charge is 0.471 e. The van der Waals surface area contributed by atoms with Crippen LogP contribution in [0.1, 0.15) is 12.6 Å². The van der Waals surface area contributed by atoms with Crippen molar-refractivity contribution in [3.63, 3.8) is 0 Å². The normalized spacial score (nSPS) is 13.5. The Kier molecular flexibility index (Phi) is 4.38. The Labute approximate surface area is 103 Å². The van der Waals surface area contributed by atoms with Gasteiger partial charge in [-0.2, -0.15) is 26.3 Å². The number of aliphatic imine (C=N–C) groups is 1. The third-order valence-corrected chi connectivity index (χ3v) is 1.77. The van der Waals surface area contributed by atoms with Gasteiger partial charge < -0.3 is 4.74 Å². The Morgan fingerprint density at radius 1 is 1.21 bits per heavy atom. The topological polar surface area (TPSA) is 34.5 Å². The molecule has 3 nitrogen and oxygen atoms in total. The van der Waals surface area contributed by atoms with Crippen molar-refractivity contribution >= 4 is 11.6 Å². The van der Waals surface area contributed by atoms with Crippen LogP contribution in [0.3, 0.4) is 0 Å². The fraction of sp³-hybridized carbons (Fsp3) is 0.400. The average molecular weight is 286 g/mol. The molecule has 19 heavy (non-hydrogen) atoms. The highest BCUT2D eigenvalue weighted by molar-refractivity contribution is 5.76. The number of ether oxygens (including phenoxy) is 1. The van der Waals surface area contributed by atoms with Gasteiger partial charge in [-0.1, -0.05) is 0 Å². The molecule has 1 rings (SSSR count). The Morgan fingerprint density at radius 2 is 1.84 bits per heavy atom. The van der Waals surface area contributed by atoms with E-state index in [4.69, 9.17) is 0 Å². The first kappa shape index (κ1) is 15.3. The number of hydrogen-bond acceptors (Lipinski definition) is 3. The van der Waals surface area contributed by atoms with E-state index in [-0.39, 0.29) is 11.6 Å². The number of nitrogens with zero attached hydrogens (tertiary/aromatic N) is 2. The molecule has 1 aromatic heterocycles. The fourth-order valence-electron chi connectivity index (χ4n) is 1.02. The summed E-state index contributed by atoms with van der Waals surface area (Å²) in [7, 11) is 0. The number of alkyl halides is 6. The summed E-state index contributed by atoms with van der Waals surface area (Å²) in [6.07, 6.45) is -8.29. The van der Waals surface area contributed by atoms with Gasteiger partial charge in [0, 0.05) is 6.92 Å². The monoisotopic (exact) mass is 286 g/mol. The number of pyridine rings is 1. The van der Waals surface area contributed by atoms with Gasteiger partial charge in [0.2, 0.25) is 0 Å². The molecule has 106 valence electrons. The van der Waals surface area contributed by atoms with Crippen LogP contribution < -0.4 is 0 Å². The van der Waals surface area contributed by atoms with Crippen LogP contribution in [-0.4, -0.2) is 23.7 Å². The lowest BCUT2D eigenvalue weighted by atomic mass is 10.3. The SMILES string of the molecule is CC(=Nc1ccc(C(F)(F)F)nc1)OCC(F)(F)F. The van der Waals surface area contributed by atoms with Gasteiger partial charge >= 0.3 is 12.4 Å². The van der Waals surface area contributed by atoms with Crippen LogP contribution in [-0.2, 0) is 10.9 Å². The van der Waals surface area contributed by atoms with Crippen LogP contribution in [0.15, 0.2) is 23.3 Å². The maximum Gasteiger partial charge on any atom is 0.433 e. The second-order valence-electron chi connectivity index (χ2n) is 3.43. The van der Waals surface area contributed by atoms with Gasteiger partial charge in [-0.25, -0.2) is 9.98 Å². The lowest BCUT2D eigenvalue weighted by Gasteiger charge is -2.08. The predicted molar refractivity (Wildman–Crippen MR) is 54.0 cm³/mol. The minimum atomic E-state index is -4.58. The van der Waals surface area contributed by atoms with Crippen LogP contribution in [0.25, 0.3) is 0 Å². The molecular formula is C10H8F6N2O. The number of aromatic nitrogens is 1. The number of rotatable bonds is 2. The molecule has 0 unspecified atom stereocenters. The molecule has 0 aliphatic rings. The predicted octanol–water partition coefficient (Wildman–Crippen LogP) is 3.73. The van der Waals surface area contributed by atoms with Gasteiger partial charge in [0.05, 0.1) is 11.9 Å². The molecule has 0 aromatic carbocycles. The smallest absolute Gasteiger partial charge is 0.433 e. The van der Waals surface area contributed by atoms with E-state index < -0.39 is 24.7 Å². The van der Waals surface area contributed by atoms with E-state index in [9.17, 15) is 26.3 Å². The second-order valence-corrected chi connectivity index (χ2v) is 3.43. The van der Waals surface area contributed by atoms with Crippen LogP contribution in [0.4, 0.5) is 32.0 Å². The highest BCUT2D eigenvalue weighted by Gasteiger charge is 2.32. The van der Waals surface area contributed by atoms with E-state index in [1.165, 1.54) is 0 Å². The standard InChI is InChI=1S/C10H8F6N2O/c1-6(19-5-9(11,12)13)18-7-2-3-8(17-4-7)10(14,15)16/h2-4H,5H2,1H3. The molecule has 0 radical (unpaired) electrons. The molecule has 0 saturated heterocycles. The lowest BCUT2D eigenvalue weighted by molar-refractivity contribution is -0.156. The van der Waals surface area contributed by atoms with E-state index in [1.54, 1.807) is 0 Å². The molecule has 0 aliphatic heterocycles. The Hall–Kier alpha value is -1.80. The maximum absolute atomic E-state index is 12.2. The molecular weight excluding hydrogens is 278 g/mol. The fourth-order valence-corrected chi connectivity index (χ4v) is 1.02. The van der Waals surface area contributed by atoms with Gasteiger partial charge in [-0.15, -0.1) is 0 Å². The van der Waals surface area contributed by atoms with Crippen LogP contribution in [0.5, 0.6) is 0 Å². The summed E-state index contributed by atoms with van der Waals surface area (Å²) in [6, 6.07) is 1.66. The second kappa shape index (κ2) is 5.45. The van der Waals surface area contributed by atoms with Gasteiger partial charge in [-0.3, -0.25) is 0 Å².